The maximum absolute atomic E-state index is 12.9. The van der Waals surface area contributed by atoms with E-state index in [0.717, 1.165) is 17.7 Å². The van der Waals surface area contributed by atoms with Crippen molar-refractivity contribution in [2.45, 2.75) is 43.8 Å². The monoisotopic (exact) mass is 478 g/mol. The van der Waals surface area contributed by atoms with Crippen LogP contribution in [0.15, 0.2) is 54.6 Å². The summed E-state index contributed by atoms with van der Waals surface area (Å²) in [4.78, 5) is 16.0. The fraction of sp³-hybridized carbons (Fsp3) is 0.480. The molecule has 184 valence electrons. The van der Waals surface area contributed by atoms with E-state index >= 15 is 0 Å². The first-order valence-corrected chi connectivity index (χ1v) is 11.4. The van der Waals surface area contributed by atoms with Gasteiger partial charge in [0.1, 0.15) is 18.5 Å². The van der Waals surface area contributed by atoms with Crippen molar-refractivity contribution in [2.75, 3.05) is 32.7 Å². The molecule has 2 aliphatic rings. The number of nitrogens with zero attached hydrogens (tertiary/aromatic N) is 2. The number of alkyl halides is 3. The van der Waals surface area contributed by atoms with Crippen LogP contribution in [0.5, 0.6) is 5.75 Å². The maximum atomic E-state index is 12.9. The second-order valence-electron chi connectivity index (χ2n) is 9.06. The molecule has 0 radical (unpaired) electrons. The average molecular weight is 479 g/mol. The van der Waals surface area contributed by atoms with Crippen LogP contribution >= 0.6 is 0 Å². The normalized spacial score (nSPS) is 22.1. The van der Waals surface area contributed by atoms with Crippen molar-refractivity contribution in [1.82, 2.24) is 9.80 Å². The van der Waals surface area contributed by atoms with Gasteiger partial charge in [-0.1, -0.05) is 36.4 Å². The Kier molecular flexibility index (Phi) is 7.33. The predicted octanol–water partition coefficient (Wildman–Crippen LogP) is 4.32. The van der Waals surface area contributed by atoms with Crippen molar-refractivity contribution in [3.05, 3.63) is 65.7 Å². The van der Waals surface area contributed by atoms with E-state index in [1.807, 2.05) is 30.3 Å². The number of carbonyl (C=O) groups excluding carboxylic acids is 1. The Morgan fingerprint density at radius 3 is 2.50 bits per heavy atom. The average Bonchev–Trinajstić information content (AvgIpc) is 3.21. The lowest BCUT2D eigenvalue weighted by atomic mass is 10.00. The number of likely N-dealkylation sites (tertiary alicyclic amines) is 2. The molecule has 0 spiro atoms. The predicted molar refractivity (Wildman–Crippen MR) is 119 cm³/mol. The molecule has 2 aliphatic heterocycles. The number of ether oxygens (including phenoxy) is 2. The highest BCUT2D eigenvalue weighted by Crippen LogP contribution is 2.32. The Labute approximate surface area is 196 Å². The smallest absolute Gasteiger partial charge is 0.416 e. The number of halogens is 3. The number of carbonyl (C=O) groups is 1. The summed E-state index contributed by atoms with van der Waals surface area (Å²) in [6.45, 7) is 2.56. The molecular formula is C25H29F3N2O4. The van der Waals surface area contributed by atoms with Crippen LogP contribution in [0, 0.1) is 0 Å². The van der Waals surface area contributed by atoms with E-state index in [9.17, 15) is 23.1 Å². The van der Waals surface area contributed by atoms with Gasteiger partial charge in [-0.15, -0.1) is 0 Å². The van der Waals surface area contributed by atoms with E-state index in [4.69, 9.17) is 9.47 Å². The molecule has 9 heteroatoms. The van der Waals surface area contributed by atoms with Crippen LogP contribution in [-0.4, -0.2) is 65.4 Å². The first kappa shape index (κ1) is 24.3. The summed E-state index contributed by atoms with van der Waals surface area (Å²) < 4.78 is 49.9. The molecule has 2 fully saturated rings. The van der Waals surface area contributed by atoms with Crippen LogP contribution in [0.2, 0.25) is 0 Å². The number of hydrogen-bond donors (Lipinski definition) is 1. The van der Waals surface area contributed by atoms with E-state index < -0.39 is 23.4 Å². The first-order valence-electron chi connectivity index (χ1n) is 11.4. The summed E-state index contributed by atoms with van der Waals surface area (Å²) in [5.74, 6) is 0.215. The number of rotatable bonds is 6. The summed E-state index contributed by atoms with van der Waals surface area (Å²) in [6.07, 6.45) is -3.25. The van der Waals surface area contributed by atoms with Crippen molar-refractivity contribution in [1.29, 1.82) is 0 Å². The summed E-state index contributed by atoms with van der Waals surface area (Å²) >= 11 is 0. The lowest BCUT2D eigenvalue weighted by Crippen LogP contribution is -2.49. The Balaban J connectivity index is 1.21. The molecule has 2 aromatic carbocycles. The van der Waals surface area contributed by atoms with Crippen molar-refractivity contribution >= 4 is 6.09 Å². The van der Waals surface area contributed by atoms with Gasteiger partial charge in [0.2, 0.25) is 0 Å². The molecule has 1 unspecified atom stereocenters. The largest absolute Gasteiger partial charge is 0.490 e. The van der Waals surface area contributed by atoms with Gasteiger partial charge in [0.15, 0.2) is 0 Å². The molecule has 34 heavy (non-hydrogen) atoms. The third kappa shape index (κ3) is 6.42. The molecule has 0 saturated carbocycles. The molecule has 6 nitrogen and oxygen atoms in total. The zero-order chi connectivity index (χ0) is 24.2. The molecule has 0 aliphatic carbocycles. The molecule has 1 atom stereocenters. The van der Waals surface area contributed by atoms with Gasteiger partial charge in [-0.05, 0) is 43.0 Å². The highest BCUT2D eigenvalue weighted by atomic mass is 19.4. The number of hydrogen-bond acceptors (Lipinski definition) is 5. The van der Waals surface area contributed by atoms with Gasteiger partial charge < -0.3 is 24.4 Å². The van der Waals surface area contributed by atoms with Crippen LogP contribution < -0.4 is 4.74 Å². The fourth-order valence-corrected chi connectivity index (χ4v) is 4.49. The van der Waals surface area contributed by atoms with Gasteiger partial charge in [0.05, 0.1) is 17.7 Å². The minimum absolute atomic E-state index is 0.178. The molecular weight excluding hydrogens is 449 g/mol. The minimum Gasteiger partial charge on any atom is -0.490 e. The molecule has 2 aromatic rings. The minimum atomic E-state index is -4.40. The number of benzene rings is 2. The van der Waals surface area contributed by atoms with Crippen molar-refractivity contribution in [3.63, 3.8) is 0 Å². The van der Waals surface area contributed by atoms with Gasteiger partial charge >= 0.3 is 12.3 Å². The number of amides is 1. The third-order valence-corrected chi connectivity index (χ3v) is 6.31. The van der Waals surface area contributed by atoms with Crippen LogP contribution in [-0.2, 0) is 17.5 Å². The quantitative estimate of drug-likeness (QED) is 0.670. The van der Waals surface area contributed by atoms with E-state index in [1.54, 1.807) is 0 Å². The van der Waals surface area contributed by atoms with Crippen LogP contribution in [0.25, 0.3) is 0 Å². The second kappa shape index (κ2) is 10.2. The first-order chi connectivity index (χ1) is 16.2. The van der Waals surface area contributed by atoms with Crippen LogP contribution in [0.3, 0.4) is 0 Å². The number of piperidine rings is 1. The Morgan fingerprint density at radius 2 is 1.79 bits per heavy atom. The van der Waals surface area contributed by atoms with Gasteiger partial charge in [-0.3, -0.25) is 0 Å². The van der Waals surface area contributed by atoms with E-state index in [1.165, 1.54) is 17.0 Å². The molecule has 0 bridgehead atoms. The maximum Gasteiger partial charge on any atom is 0.416 e. The number of β-amino-alcohol motifs (C(OH)–C–C–N with tert-alkyl or cyclic N) is 1. The van der Waals surface area contributed by atoms with Crippen molar-refractivity contribution < 1.29 is 32.5 Å². The van der Waals surface area contributed by atoms with Gasteiger partial charge in [-0.25, -0.2) is 4.79 Å². The SMILES string of the molecule is O=C(OCc1ccccc1)N1CCC(O)(CN2CCC(Oc3cccc(C(F)(F)F)c3)CC2)C1. The van der Waals surface area contributed by atoms with E-state index in [0.29, 0.717) is 45.4 Å². The number of aliphatic hydroxyl groups is 1. The van der Waals surface area contributed by atoms with E-state index in [2.05, 4.69) is 4.90 Å². The summed E-state index contributed by atoms with van der Waals surface area (Å²) in [5.41, 5.74) is -0.834. The second-order valence-corrected chi connectivity index (χ2v) is 9.06. The molecule has 1 N–H and O–H groups in total. The summed E-state index contributed by atoms with van der Waals surface area (Å²) in [5, 5.41) is 11.0. The highest BCUT2D eigenvalue weighted by molar-refractivity contribution is 5.68. The van der Waals surface area contributed by atoms with Gasteiger partial charge in [0.25, 0.3) is 0 Å². The zero-order valence-electron chi connectivity index (χ0n) is 18.8. The van der Waals surface area contributed by atoms with Crippen molar-refractivity contribution in [3.8, 4) is 5.75 Å². The van der Waals surface area contributed by atoms with Gasteiger partial charge in [-0.2, -0.15) is 13.2 Å². The van der Waals surface area contributed by atoms with Crippen molar-refractivity contribution in [2.24, 2.45) is 0 Å². The lowest BCUT2D eigenvalue weighted by Gasteiger charge is -2.36. The Hall–Kier alpha value is -2.78. The Bertz CT molecular complexity index is 964. The molecule has 0 aromatic heterocycles. The van der Waals surface area contributed by atoms with Gasteiger partial charge in [0, 0.05) is 26.2 Å². The van der Waals surface area contributed by atoms with Crippen LogP contribution in [0.1, 0.15) is 30.4 Å². The lowest BCUT2D eigenvalue weighted by molar-refractivity contribution is -0.137. The van der Waals surface area contributed by atoms with E-state index in [-0.39, 0.29) is 25.0 Å². The molecule has 1 amide bonds. The Morgan fingerprint density at radius 1 is 1.06 bits per heavy atom. The third-order valence-electron chi connectivity index (χ3n) is 6.31. The topological polar surface area (TPSA) is 62.2 Å². The summed E-state index contributed by atoms with van der Waals surface area (Å²) in [7, 11) is 0. The fourth-order valence-electron chi connectivity index (χ4n) is 4.49. The standard InChI is InChI=1S/C25H29F3N2O4/c26-25(27,28)20-7-4-8-22(15-20)34-21-9-12-29(13-10-21)17-24(32)11-14-30(18-24)23(31)33-16-19-5-2-1-3-6-19/h1-8,15,21,32H,9-14,16-18H2. The summed E-state index contributed by atoms with van der Waals surface area (Å²) in [6, 6.07) is 14.4. The van der Waals surface area contributed by atoms with Crippen LogP contribution in [0.4, 0.5) is 18.0 Å². The molecule has 2 saturated heterocycles. The molecule has 4 rings (SSSR count). The highest BCUT2D eigenvalue weighted by Gasteiger charge is 2.41. The molecule has 2 heterocycles. The zero-order valence-corrected chi connectivity index (χ0v) is 18.8.